The third-order valence-corrected chi connectivity index (χ3v) is 8.58. The zero-order valence-electron chi connectivity index (χ0n) is 71.9. The van der Waals surface area contributed by atoms with E-state index in [4.69, 9.17) is 22.0 Å². The topological polar surface area (TPSA) is 165 Å². The molecule has 4 rings (SSSR count). The number of amides is 1. The van der Waals surface area contributed by atoms with Gasteiger partial charge in [0.25, 0.3) is 0 Å². The van der Waals surface area contributed by atoms with Gasteiger partial charge in [-0.25, -0.2) is 5.71 Å². The van der Waals surface area contributed by atoms with E-state index in [0.29, 0.717) is 18.7 Å². The van der Waals surface area contributed by atoms with Crippen LogP contribution in [0.2, 0.25) is 0 Å². The Kier molecular flexibility index (Phi) is 757. The summed E-state index contributed by atoms with van der Waals surface area (Å²) in [6, 6.07) is 18.7. The van der Waals surface area contributed by atoms with E-state index in [1.54, 1.807) is 33.3 Å². The molecule has 0 spiro atoms. The molecule has 113 heavy (non-hydrogen) atoms. The number of aryl methyl sites for hydroxylation is 3. The van der Waals surface area contributed by atoms with Gasteiger partial charge in [-0.1, -0.05) is 309 Å². The van der Waals surface area contributed by atoms with Crippen LogP contribution in [0.25, 0.3) is 27.8 Å². The number of ketones is 1. The second kappa shape index (κ2) is 286. The van der Waals surface area contributed by atoms with E-state index in [-0.39, 0.29) is 715 Å². The molecule has 0 saturated carbocycles. The van der Waals surface area contributed by atoms with Crippen LogP contribution in [0.15, 0.2) is 73.3 Å². The number of carbonyl (C=O) groups is 2. The summed E-state index contributed by atoms with van der Waals surface area (Å²) in [4.78, 5) is 31.7. The Bertz CT molecular complexity index is 1640. The summed E-state index contributed by atoms with van der Waals surface area (Å²) in [7, 11) is 0. The zero-order valence-corrected chi connectivity index (χ0v) is 170. The maximum absolute atomic E-state index is 10.0. The number of aromatic nitrogens is 3. The third kappa shape index (κ3) is 377. The summed E-state index contributed by atoms with van der Waals surface area (Å²) in [5.74, 6) is 4.17. The fourth-order valence-electron chi connectivity index (χ4n) is 3.52. The number of para-hydroxylation sites is 1. The van der Waals surface area contributed by atoms with Crippen molar-refractivity contribution in [3.63, 3.8) is 0 Å². The van der Waals surface area contributed by atoms with Gasteiger partial charge < -0.3 is 66.6 Å². The number of rotatable bonds is 14. The van der Waals surface area contributed by atoms with Crippen LogP contribution in [0, 0.1) is 31.1 Å². The maximum Gasteiger partial charge on any atom is 0.129 e. The Hall–Kier alpha value is 19.0. The number of fused-ring (bicyclic) bond motifs is 1. The van der Waals surface area contributed by atoms with Gasteiger partial charge in [0.05, 0.1) is 0 Å². The van der Waals surface area contributed by atoms with Crippen molar-refractivity contribution in [3.8, 4) is 0 Å². The van der Waals surface area contributed by atoms with E-state index in [1.807, 2.05) is 52.9 Å². The number of nitrogens with zero attached hydrogens (tertiary/aromatic N) is 4. The molecular formula is C70H139N6O3SW33-7. The average Bonchev–Trinajstić information content (AvgIpc) is 4.11. The summed E-state index contributed by atoms with van der Waals surface area (Å²) in [6.07, 6.45) is 20.6. The van der Waals surface area contributed by atoms with Gasteiger partial charge >= 0.3 is 0 Å². The molecule has 0 aliphatic rings. The molecule has 0 unspecified atom stereocenters. The van der Waals surface area contributed by atoms with Crippen LogP contribution < -0.4 is 9.97 Å². The first-order valence-electron chi connectivity index (χ1n) is 30.8. The van der Waals surface area contributed by atoms with Crippen LogP contribution in [-0.4, -0.2) is 46.4 Å². The molecule has 2 aromatic heterocycles. The molecule has 9 nitrogen and oxygen atoms in total. The Balaban J connectivity index is -0.0000000101. The second-order valence-corrected chi connectivity index (χ2v) is 20.3. The predicted molar refractivity (Wildman–Crippen MR) is 373 cm³/mol. The van der Waals surface area contributed by atoms with E-state index in [2.05, 4.69) is 202 Å². The van der Waals surface area contributed by atoms with E-state index in [0.717, 1.165) is 111 Å². The molecule has 0 saturated heterocycles. The number of benzene rings is 2. The summed E-state index contributed by atoms with van der Waals surface area (Å²) in [5.41, 5.74) is 18.3. The minimum atomic E-state index is -0.461. The number of hydrogen-bond donors (Lipinski definition) is 1. The predicted octanol–water partition coefficient (Wildman–Crippen LogP) is 22.8. The SMILES string of the molecule is CC.CC(C)C.CC(C)C.CCC.CCC(C)C.CCC(C)C.CCCC(C)=O.CCCC([NH-])=O.CCCCC(C)=[N-].CCC[NH-].CCC[S-].CCO.CCc1c[n-]c2ccccc12.CCc1c[n-]cn1.CCc1ccccc1.[CH3-].[W].[W].[W].[W].[W].[W].[W].[W].[W].[W].[W].[W].[W].[W].[W].[W].[W].[W].[W].[W].[W].[W].[W].[W].[W].[W].[W].[W].[W].[W].[W].[W].[W]. The normalized spacial score (nSPS) is 6.07. The van der Waals surface area contributed by atoms with Crippen LogP contribution in [0.5, 0.6) is 0 Å². The first-order chi connectivity index (χ1) is 37.2. The number of nitrogens with one attached hydrogen (secondary N) is 2. The molecule has 4 aromatic rings. The average molecular weight is 7210 g/mol. The molecule has 0 atom stereocenters. The molecule has 0 radical (unpaired) electrons. The van der Waals surface area contributed by atoms with Crippen LogP contribution in [0.4, 0.5) is 0 Å². The Morgan fingerprint density at radius 2 is 0.726 bits per heavy atom. The monoisotopic (exact) mass is 7210 g/mol. The van der Waals surface area contributed by atoms with Gasteiger partial charge in [0.2, 0.25) is 0 Å². The molecule has 1 amide bonds. The number of aliphatic hydroxyl groups is 1. The van der Waals surface area contributed by atoms with Gasteiger partial charge in [0, 0.05) is 714 Å². The molecule has 0 fully saturated rings. The largest absolute Gasteiger partial charge is 0.811 e. The van der Waals surface area contributed by atoms with Gasteiger partial charge in [-0.05, 0) is 80.6 Å². The molecule has 2 aromatic carbocycles. The number of Topliss-reactive ketones (excluding diaryl/α,β-unsaturated/α-hetero) is 1. The van der Waals surface area contributed by atoms with E-state index >= 15 is 0 Å². The van der Waals surface area contributed by atoms with Crippen LogP contribution in [0.1, 0.15) is 281 Å². The van der Waals surface area contributed by atoms with E-state index < -0.39 is 5.91 Å². The second-order valence-electron chi connectivity index (χ2n) is 19.9. The summed E-state index contributed by atoms with van der Waals surface area (Å²) < 4.78 is 0. The Morgan fingerprint density at radius 1 is 0.451 bits per heavy atom. The first-order valence-corrected chi connectivity index (χ1v) is 31.4. The smallest absolute Gasteiger partial charge is 0.129 e. The van der Waals surface area contributed by atoms with E-state index in [9.17, 15) is 9.59 Å². The summed E-state index contributed by atoms with van der Waals surface area (Å²) in [6.45, 7) is 56.8. The van der Waals surface area contributed by atoms with Crippen molar-refractivity contribution in [1.82, 2.24) is 15.0 Å². The van der Waals surface area contributed by atoms with Crippen molar-refractivity contribution >= 4 is 40.9 Å². The van der Waals surface area contributed by atoms with Crippen LogP contribution in [-0.2, 0) is 737 Å². The molecule has 43 heteroatoms. The molecule has 3 N–H and O–H groups in total. The number of unbranched alkanes of at least 4 members (excludes halogenated alkanes) is 1. The van der Waals surface area contributed by atoms with Crippen molar-refractivity contribution in [3.05, 3.63) is 114 Å². The number of imidazole rings is 1. The quantitative estimate of drug-likeness (QED) is 0.0745. The van der Waals surface area contributed by atoms with Crippen molar-refractivity contribution in [2.24, 2.45) is 23.7 Å². The van der Waals surface area contributed by atoms with Gasteiger partial charge in [0.15, 0.2) is 0 Å². The van der Waals surface area contributed by atoms with Crippen molar-refractivity contribution in [2.45, 2.75) is 283 Å². The van der Waals surface area contributed by atoms with Crippen LogP contribution in [0.3, 0.4) is 0 Å². The van der Waals surface area contributed by atoms with Crippen LogP contribution >= 0.6 is 0 Å². The minimum absolute atomic E-state index is 0. The van der Waals surface area contributed by atoms with Crippen molar-refractivity contribution in [2.75, 3.05) is 18.9 Å². The first kappa shape index (κ1) is 299. The summed E-state index contributed by atoms with van der Waals surface area (Å²) >= 11 is 4.55. The van der Waals surface area contributed by atoms with Gasteiger partial charge in [-0.2, -0.15) is 18.5 Å². The molecule has 0 aliphatic carbocycles. The Morgan fingerprint density at radius 3 is 0.858 bits per heavy atom. The van der Waals surface area contributed by atoms with Gasteiger partial charge in [-0.3, -0.25) is 0 Å². The molecule has 678 valence electrons. The fourth-order valence-corrected chi connectivity index (χ4v) is 3.52. The summed E-state index contributed by atoms with van der Waals surface area (Å²) in [5, 5.41) is 17.5. The molecule has 2 heterocycles. The third-order valence-electron chi connectivity index (χ3n) is 8.18. The minimum Gasteiger partial charge on any atom is -0.811 e. The Labute approximate surface area is 1180 Å². The molecule has 0 bridgehead atoms. The number of aliphatic hydroxyl groups excluding tert-OH is 1. The number of hydrogen-bond acceptors (Lipinski definition) is 5. The molecular weight excluding hydrogens is 7070 g/mol. The fraction of sp³-hybridized carbons (Fsp3) is 0.700. The van der Waals surface area contributed by atoms with Gasteiger partial charge in [-0.15, -0.1) is 5.52 Å². The zero-order chi connectivity index (χ0) is 64.3. The molecule has 0 aliphatic heterocycles. The van der Waals surface area contributed by atoms with E-state index in [1.165, 1.54) is 35.8 Å². The van der Waals surface area contributed by atoms with Gasteiger partial charge in [0.1, 0.15) is 5.78 Å². The standard InChI is InChI=1S/C10H10N.C8H10.C6H12N.C5H7N2.C5H10O.2C5H12.C4H9NO.2C4H10.C3H8N.C3H8S.C3H8.C2H6O.C2H6.CH3.33W/c1-2-8-7-11-10-6-4-3-5-9(8)10;1-2-8-6-4-3-5-7-8;1-3-4-5-6(2)7;1-2-5-3-6-4-7-5;1-3-4-5(2)6;2*1-4-5(2)3;1-2-3-4(5)6;2*1-4(2)3;2*1-2-3-4;1-3-2;1-2-3;1-2;;;;;;;;;;;;;;;;;;;;;;;;;;;;;;;;;;/h3-7H,2H2,1H3;3-7H,2H2,1H3;3-5H2,1-2H3;3-4H,2H2,1H3;3-4H2,1-2H3;2*5H,4H2,1-3H3;2-3H2,1H3,(H2,5,6);2*4H,1-3H3;2*4H,2-3H2,1H3;3H2,1-2H3;3H,2H2,1H3;1-2H3;1H3;;;;;;;;;;;;;;;;;;;;;;;;;;;;;;;;;/q-1;;2*-1;;;;;;;-1;;;;;-1;;;;;;;;;;;;;;;;;;;;;;;;;;;;;;;;;/p-2. The van der Waals surface area contributed by atoms with Crippen molar-refractivity contribution < 1.29 is 710 Å². The van der Waals surface area contributed by atoms with Crippen molar-refractivity contribution in [1.29, 1.82) is 0 Å². The number of carbonyl (C=O) groups excluding carboxylic acids is 2. The maximum atomic E-state index is 10.0.